The van der Waals surface area contributed by atoms with Crippen molar-refractivity contribution in [3.8, 4) is 0 Å². The first-order chi connectivity index (χ1) is 9.47. The first-order valence-electron chi connectivity index (χ1n) is 5.70. The van der Waals surface area contributed by atoms with E-state index in [-0.39, 0.29) is 4.90 Å². The Morgan fingerprint density at radius 3 is 2.50 bits per heavy atom. The van der Waals surface area contributed by atoms with E-state index < -0.39 is 10.0 Å². The molecule has 1 aromatic heterocycles. The van der Waals surface area contributed by atoms with Crippen LogP contribution in [-0.4, -0.2) is 19.6 Å². The van der Waals surface area contributed by atoms with Crippen molar-refractivity contribution in [2.45, 2.75) is 11.8 Å². The molecule has 0 saturated heterocycles. The average molecular weight is 354 g/mol. The van der Waals surface area contributed by atoms with Crippen LogP contribution >= 0.6 is 15.9 Å². The van der Waals surface area contributed by atoms with E-state index in [1.54, 1.807) is 30.5 Å². The number of nitrogens with one attached hydrogen (secondary N) is 1. The normalized spacial score (nSPS) is 11.7. The molecule has 7 heteroatoms. The third kappa shape index (κ3) is 3.88. The number of hydrogen-bond acceptors (Lipinski definition) is 4. The van der Waals surface area contributed by atoms with Gasteiger partial charge in [-0.25, -0.2) is 4.83 Å². The maximum absolute atomic E-state index is 11.9. The van der Waals surface area contributed by atoms with Crippen LogP contribution in [0.5, 0.6) is 0 Å². The lowest BCUT2D eigenvalue weighted by Gasteiger charge is -2.03. The van der Waals surface area contributed by atoms with Gasteiger partial charge in [-0.15, -0.1) is 0 Å². The molecule has 1 aromatic carbocycles. The summed E-state index contributed by atoms with van der Waals surface area (Å²) in [6, 6.07) is 10.0. The van der Waals surface area contributed by atoms with E-state index in [0.717, 1.165) is 10.0 Å². The molecule has 1 N–H and O–H groups in total. The topological polar surface area (TPSA) is 71.4 Å². The molecule has 0 saturated carbocycles. The van der Waals surface area contributed by atoms with Crippen molar-refractivity contribution in [3.05, 3.63) is 58.3 Å². The van der Waals surface area contributed by atoms with Crippen LogP contribution in [0.4, 0.5) is 0 Å². The van der Waals surface area contributed by atoms with E-state index in [0.29, 0.717) is 5.69 Å². The fourth-order valence-electron chi connectivity index (χ4n) is 1.40. The second-order valence-corrected chi connectivity index (χ2v) is 6.64. The van der Waals surface area contributed by atoms with Crippen LogP contribution in [0.25, 0.3) is 0 Å². The Bertz CT molecular complexity index is 710. The molecule has 5 nitrogen and oxygen atoms in total. The molecular weight excluding hydrogens is 342 g/mol. The third-order valence-corrected chi connectivity index (χ3v) is 4.16. The van der Waals surface area contributed by atoms with E-state index in [9.17, 15) is 8.42 Å². The Labute approximate surface area is 125 Å². The molecule has 20 heavy (non-hydrogen) atoms. The summed E-state index contributed by atoms with van der Waals surface area (Å²) in [5, 5.41) is 3.70. The minimum absolute atomic E-state index is 0.170. The Kier molecular flexibility index (Phi) is 4.51. The van der Waals surface area contributed by atoms with Crippen molar-refractivity contribution in [2.24, 2.45) is 5.10 Å². The molecule has 0 radical (unpaired) electrons. The molecule has 2 aromatic rings. The summed E-state index contributed by atoms with van der Waals surface area (Å²) < 4.78 is 24.7. The Balaban J connectivity index is 2.09. The monoisotopic (exact) mass is 353 g/mol. The van der Waals surface area contributed by atoms with Crippen LogP contribution in [0.2, 0.25) is 0 Å². The van der Waals surface area contributed by atoms with Gasteiger partial charge < -0.3 is 0 Å². The number of nitrogens with zero attached hydrogens (tertiary/aromatic N) is 2. The van der Waals surface area contributed by atoms with Crippen LogP contribution in [-0.2, 0) is 10.0 Å². The third-order valence-electron chi connectivity index (χ3n) is 2.45. The number of pyridine rings is 1. The maximum Gasteiger partial charge on any atom is 0.276 e. The molecule has 0 aliphatic rings. The molecule has 0 fully saturated rings. The Morgan fingerprint density at radius 2 is 1.90 bits per heavy atom. The molecule has 0 atom stereocenters. The van der Waals surface area contributed by atoms with Crippen molar-refractivity contribution in [2.75, 3.05) is 0 Å². The minimum atomic E-state index is -3.64. The second kappa shape index (κ2) is 6.15. The number of aromatic nitrogens is 1. The van der Waals surface area contributed by atoms with E-state index in [1.807, 2.05) is 6.92 Å². The van der Waals surface area contributed by atoms with Crippen molar-refractivity contribution in [1.29, 1.82) is 0 Å². The molecule has 0 bridgehead atoms. The number of hydrogen-bond donors (Lipinski definition) is 1. The van der Waals surface area contributed by atoms with Gasteiger partial charge in [0.1, 0.15) is 0 Å². The zero-order valence-corrected chi connectivity index (χ0v) is 13.0. The smallest absolute Gasteiger partial charge is 0.254 e. The predicted molar refractivity (Wildman–Crippen MR) is 81.0 cm³/mol. The Hall–Kier alpha value is -1.73. The number of rotatable bonds is 4. The molecule has 0 aliphatic heterocycles. The molecule has 0 aliphatic carbocycles. The summed E-state index contributed by atoms with van der Waals surface area (Å²) in [7, 11) is -3.64. The summed E-state index contributed by atoms with van der Waals surface area (Å²) in [5.41, 5.74) is 1.55. The summed E-state index contributed by atoms with van der Waals surface area (Å²) in [6.07, 6.45) is 2.95. The minimum Gasteiger partial charge on any atom is -0.254 e. The van der Waals surface area contributed by atoms with Gasteiger partial charge in [0.2, 0.25) is 0 Å². The zero-order valence-electron chi connectivity index (χ0n) is 10.6. The van der Waals surface area contributed by atoms with Crippen LogP contribution in [0.1, 0.15) is 11.3 Å². The van der Waals surface area contributed by atoms with Gasteiger partial charge in [-0.2, -0.15) is 13.5 Å². The van der Waals surface area contributed by atoms with Crippen molar-refractivity contribution >= 4 is 32.2 Å². The number of benzene rings is 1. The molecular formula is C13H12BrN3O2S. The lowest BCUT2D eigenvalue weighted by atomic mass is 10.2. The first kappa shape index (κ1) is 14.7. The predicted octanol–water partition coefficient (Wildman–Crippen LogP) is 2.46. The fourth-order valence-corrected chi connectivity index (χ4v) is 2.42. The molecule has 104 valence electrons. The van der Waals surface area contributed by atoms with Crippen molar-refractivity contribution in [3.63, 3.8) is 0 Å². The van der Waals surface area contributed by atoms with Gasteiger partial charge in [-0.05, 0) is 47.1 Å². The summed E-state index contributed by atoms with van der Waals surface area (Å²) in [6.45, 7) is 1.89. The SMILES string of the molecule is Cc1ccc(S(=O)(=O)NN=Cc2ccc(Br)cn2)cc1. The largest absolute Gasteiger partial charge is 0.276 e. The molecule has 0 unspecified atom stereocenters. The van der Waals surface area contributed by atoms with Gasteiger partial charge in [0.05, 0.1) is 16.8 Å². The van der Waals surface area contributed by atoms with E-state index in [1.165, 1.54) is 18.3 Å². The quantitative estimate of drug-likeness (QED) is 0.677. The highest BCUT2D eigenvalue weighted by atomic mass is 79.9. The average Bonchev–Trinajstić information content (AvgIpc) is 2.41. The molecule has 1 heterocycles. The number of hydrazone groups is 1. The highest BCUT2D eigenvalue weighted by Gasteiger charge is 2.11. The lowest BCUT2D eigenvalue weighted by molar-refractivity contribution is 0.584. The summed E-state index contributed by atoms with van der Waals surface area (Å²) in [4.78, 5) is 6.37. The van der Waals surface area contributed by atoms with Gasteiger partial charge in [-0.1, -0.05) is 17.7 Å². The van der Waals surface area contributed by atoms with Gasteiger partial charge in [0.15, 0.2) is 0 Å². The lowest BCUT2D eigenvalue weighted by Crippen LogP contribution is -2.18. The zero-order chi connectivity index (χ0) is 14.6. The van der Waals surface area contributed by atoms with Crippen LogP contribution in [0, 0.1) is 6.92 Å². The van der Waals surface area contributed by atoms with Crippen LogP contribution in [0.3, 0.4) is 0 Å². The second-order valence-electron chi connectivity index (χ2n) is 4.07. The standard InChI is InChI=1S/C13H12BrN3O2S/c1-10-2-6-13(7-3-10)20(18,19)17-16-9-12-5-4-11(14)8-15-12/h2-9,17H,1H3. The van der Waals surface area contributed by atoms with Crippen LogP contribution < -0.4 is 4.83 Å². The van der Waals surface area contributed by atoms with E-state index in [4.69, 9.17) is 0 Å². The highest BCUT2D eigenvalue weighted by Crippen LogP contribution is 2.10. The first-order valence-corrected chi connectivity index (χ1v) is 7.98. The highest BCUT2D eigenvalue weighted by molar-refractivity contribution is 9.10. The Morgan fingerprint density at radius 1 is 1.20 bits per heavy atom. The van der Waals surface area contributed by atoms with E-state index in [2.05, 4.69) is 30.8 Å². The van der Waals surface area contributed by atoms with Gasteiger partial charge >= 0.3 is 0 Å². The number of halogens is 1. The van der Waals surface area contributed by atoms with Gasteiger partial charge in [-0.3, -0.25) is 4.98 Å². The summed E-state index contributed by atoms with van der Waals surface area (Å²) >= 11 is 3.26. The van der Waals surface area contributed by atoms with E-state index >= 15 is 0 Å². The van der Waals surface area contributed by atoms with Crippen LogP contribution in [0.15, 0.2) is 57.1 Å². The van der Waals surface area contributed by atoms with Crippen molar-refractivity contribution in [1.82, 2.24) is 9.82 Å². The fraction of sp³-hybridized carbons (Fsp3) is 0.0769. The summed E-state index contributed by atoms with van der Waals surface area (Å²) in [5.74, 6) is 0. The van der Waals surface area contributed by atoms with Gasteiger partial charge in [0, 0.05) is 10.7 Å². The maximum atomic E-state index is 11.9. The number of sulfonamides is 1. The van der Waals surface area contributed by atoms with Crippen molar-refractivity contribution < 1.29 is 8.42 Å². The number of aryl methyl sites for hydroxylation is 1. The molecule has 0 amide bonds. The molecule has 0 spiro atoms. The molecule has 2 rings (SSSR count). The van der Waals surface area contributed by atoms with Gasteiger partial charge in [0.25, 0.3) is 10.0 Å².